The maximum absolute atomic E-state index is 12.0. The second-order valence-corrected chi connectivity index (χ2v) is 6.39. The molecule has 1 aliphatic rings. The third-order valence-electron chi connectivity index (χ3n) is 3.07. The first-order chi connectivity index (χ1) is 7.83. The molecule has 1 rings (SSSR count). The third kappa shape index (κ3) is 5.74. The fraction of sp³-hybridized carbons (Fsp3) is 1.00. The molecule has 102 valence electrons. The van der Waals surface area contributed by atoms with Gasteiger partial charge in [0.2, 0.25) is 10.0 Å². The van der Waals surface area contributed by atoms with E-state index in [9.17, 15) is 17.2 Å². The molecule has 0 unspecified atom stereocenters. The van der Waals surface area contributed by atoms with Crippen LogP contribution in [-0.2, 0) is 14.8 Å². The van der Waals surface area contributed by atoms with Gasteiger partial charge in [0, 0.05) is 5.41 Å². The smallest absolute Gasteiger partial charge is 0.261 e. The monoisotopic (exact) mass is 271 g/mol. The van der Waals surface area contributed by atoms with Gasteiger partial charge in [-0.25, -0.2) is 22.3 Å². The van der Waals surface area contributed by atoms with E-state index in [1.165, 1.54) is 0 Å². The Bertz CT molecular complexity index is 326. The summed E-state index contributed by atoms with van der Waals surface area (Å²) in [6, 6.07) is 0. The van der Waals surface area contributed by atoms with Gasteiger partial charge in [0.15, 0.2) is 0 Å². The summed E-state index contributed by atoms with van der Waals surface area (Å²) in [4.78, 5) is 0. The normalized spacial score (nSPS) is 20.7. The summed E-state index contributed by atoms with van der Waals surface area (Å²) in [6.07, 6.45) is 1.66. The lowest BCUT2D eigenvalue weighted by atomic mass is 9.76. The highest BCUT2D eigenvalue weighted by Crippen LogP contribution is 2.37. The molecule has 0 aromatic carbocycles. The fourth-order valence-corrected chi connectivity index (χ4v) is 3.65. The third-order valence-corrected chi connectivity index (χ3v) is 4.09. The standard InChI is InChI=1S/C10H19F2NO3S/c11-9(12)6-16-7-10(8-17(13,14)15)4-2-1-3-5-10/h9H,1-8H2,(H2,13,14,15). The molecule has 0 spiro atoms. The molecule has 0 amide bonds. The van der Waals surface area contributed by atoms with Crippen molar-refractivity contribution in [3.8, 4) is 0 Å². The Morgan fingerprint density at radius 2 is 1.82 bits per heavy atom. The van der Waals surface area contributed by atoms with Crippen molar-refractivity contribution in [3.05, 3.63) is 0 Å². The van der Waals surface area contributed by atoms with Crippen LogP contribution in [0.25, 0.3) is 0 Å². The van der Waals surface area contributed by atoms with Crippen molar-refractivity contribution >= 4 is 10.0 Å². The second-order valence-electron chi connectivity index (χ2n) is 4.77. The number of halogens is 2. The van der Waals surface area contributed by atoms with E-state index in [-0.39, 0.29) is 12.4 Å². The highest BCUT2D eigenvalue weighted by atomic mass is 32.2. The molecule has 0 heterocycles. The van der Waals surface area contributed by atoms with Crippen molar-refractivity contribution in [1.82, 2.24) is 0 Å². The van der Waals surface area contributed by atoms with E-state index in [1.54, 1.807) is 0 Å². The van der Waals surface area contributed by atoms with Crippen LogP contribution < -0.4 is 5.14 Å². The summed E-state index contributed by atoms with van der Waals surface area (Å²) < 4.78 is 51.2. The van der Waals surface area contributed by atoms with E-state index < -0.39 is 28.5 Å². The molecule has 0 aliphatic heterocycles. The van der Waals surface area contributed by atoms with Crippen LogP contribution in [0.15, 0.2) is 0 Å². The predicted molar refractivity (Wildman–Crippen MR) is 60.3 cm³/mol. The van der Waals surface area contributed by atoms with E-state index in [0.29, 0.717) is 12.8 Å². The lowest BCUT2D eigenvalue weighted by Crippen LogP contribution is -2.39. The first-order valence-electron chi connectivity index (χ1n) is 5.69. The molecule has 0 atom stereocenters. The summed E-state index contributed by atoms with van der Waals surface area (Å²) >= 11 is 0. The minimum atomic E-state index is -3.60. The molecule has 0 saturated heterocycles. The lowest BCUT2D eigenvalue weighted by molar-refractivity contribution is -0.0251. The van der Waals surface area contributed by atoms with Crippen LogP contribution in [0.1, 0.15) is 32.1 Å². The quantitative estimate of drug-likeness (QED) is 0.796. The van der Waals surface area contributed by atoms with Gasteiger partial charge in [0.1, 0.15) is 6.61 Å². The number of sulfonamides is 1. The van der Waals surface area contributed by atoms with Gasteiger partial charge in [0.25, 0.3) is 6.43 Å². The minimum absolute atomic E-state index is 0.0494. The highest BCUT2D eigenvalue weighted by Gasteiger charge is 2.36. The topological polar surface area (TPSA) is 69.4 Å². The number of nitrogens with two attached hydrogens (primary N) is 1. The van der Waals surface area contributed by atoms with Crippen molar-refractivity contribution in [2.45, 2.75) is 38.5 Å². The van der Waals surface area contributed by atoms with E-state index in [2.05, 4.69) is 0 Å². The fourth-order valence-electron chi connectivity index (χ4n) is 2.42. The molecular formula is C10H19F2NO3S. The van der Waals surface area contributed by atoms with Crippen molar-refractivity contribution in [2.75, 3.05) is 19.0 Å². The number of ether oxygens (including phenoxy) is 1. The van der Waals surface area contributed by atoms with E-state index in [0.717, 1.165) is 19.3 Å². The average Bonchev–Trinajstić information content (AvgIpc) is 2.15. The maximum atomic E-state index is 12.0. The Balaban J connectivity index is 2.58. The zero-order valence-electron chi connectivity index (χ0n) is 9.70. The Labute approximate surface area is 101 Å². The first kappa shape index (κ1) is 14.8. The number of hydrogen-bond acceptors (Lipinski definition) is 3. The summed E-state index contributed by atoms with van der Waals surface area (Å²) in [5.41, 5.74) is -0.569. The highest BCUT2D eigenvalue weighted by molar-refractivity contribution is 7.89. The van der Waals surface area contributed by atoms with Crippen molar-refractivity contribution in [3.63, 3.8) is 0 Å². The van der Waals surface area contributed by atoms with Gasteiger partial charge in [-0.05, 0) is 12.8 Å². The molecule has 4 nitrogen and oxygen atoms in total. The Hall–Kier alpha value is -0.270. The van der Waals surface area contributed by atoms with Crippen LogP contribution in [0.5, 0.6) is 0 Å². The maximum Gasteiger partial charge on any atom is 0.261 e. The van der Waals surface area contributed by atoms with Crippen LogP contribution >= 0.6 is 0 Å². The molecule has 17 heavy (non-hydrogen) atoms. The van der Waals surface area contributed by atoms with Crippen LogP contribution in [0, 0.1) is 5.41 Å². The van der Waals surface area contributed by atoms with Crippen molar-refractivity contribution in [2.24, 2.45) is 10.6 Å². The number of hydrogen-bond donors (Lipinski definition) is 1. The second kappa shape index (κ2) is 6.06. The molecular weight excluding hydrogens is 252 g/mol. The summed E-state index contributed by atoms with van der Waals surface area (Å²) in [5, 5.41) is 5.05. The molecule has 2 N–H and O–H groups in total. The van der Waals surface area contributed by atoms with Gasteiger partial charge in [0.05, 0.1) is 12.4 Å². The van der Waals surface area contributed by atoms with Crippen LogP contribution in [0.3, 0.4) is 0 Å². The van der Waals surface area contributed by atoms with E-state index in [4.69, 9.17) is 9.88 Å². The predicted octanol–water partition coefficient (Wildman–Crippen LogP) is 1.51. The van der Waals surface area contributed by atoms with E-state index >= 15 is 0 Å². The van der Waals surface area contributed by atoms with Crippen LogP contribution in [-0.4, -0.2) is 33.8 Å². The van der Waals surface area contributed by atoms with Gasteiger partial charge < -0.3 is 4.74 Å². The molecule has 0 aromatic heterocycles. The van der Waals surface area contributed by atoms with Crippen LogP contribution in [0.2, 0.25) is 0 Å². The van der Waals surface area contributed by atoms with Crippen LogP contribution in [0.4, 0.5) is 8.78 Å². The van der Waals surface area contributed by atoms with E-state index in [1.807, 2.05) is 0 Å². The van der Waals surface area contributed by atoms with Gasteiger partial charge >= 0.3 is 0 Å². The van der Waals surface area contributed by atoms with Gasteiger partial charge in [-0.3, -0.25) is 0 Å². The summed E-state index contributed by atoms with van der Waals surface area (Å²) in [5.74, 6) is -0.177. The lowest BCUT2D eigenvalue weighted by Gasteiger charge is -2.36. The SMILES string of the molecule is NS(=O)(=O)CC1(COCC(F)F)CCCCC1. The summed E-state index contributed by atoms with van der Waals surface area (Å²) in [6.45, 7) is -0.597. The largest absolute Gasteiger partial charge is 0.375 e. The number of primary sulfonamides is 1. The molecule has 0 bridgehead atoms. The average molecular weight is 271 g/mol. The zero-order valence-corrected chi connectivity index (χ0v) is 10.5. The van der Waals surface area contributed by atoms with Gasteiger partial charge in [-0.2, -0.15) is 0 Å². The number of rotatable bonds is 6. The molecule has 7 heteroatoms. The molecule has 1 aliphatic carbocycles. The van der Waals surface area contributed by atoms with Gasteiger partial charge in [-0.1, -0.05) is 19.3 Å². The Morgan fingerprint density at radius 3 is 2.29 bits per heavy atom. The zero-order chi connectivity index (χ0) is 12.9. The molecule has 1 fully saturated rings. The Kier molecular flexibility index (Phi) is 5.27. The molecule has 0 radical (unpaired) electrons. The van der Waals surface area contributed by atoms with Crippen molar-refractivity contribution < 1.29 is 21.9 Å². The molecule has 0 aromatic rings. The minimum Gasteiger partial charge on any atom is -0.375 e. The first-order valence-corrected chi connectivity index (χ1v) is 7.41. The Morgan fingerprint density at radius 1 is 1.24 bits per heavy atom. The van der Waals surface area contributed by atoms with Gasteiger partial charge in [-0.15, -0.1) is 0 Å². The summed E-state index contributed by atoms with van der Waals surface area (Å²) in [7, 11) is -3.60. The van der Waals surface area contributed by atoms with Crippen molar-refractivity contribution in [1.29, 1.82) is 0 Å². The number of alkyl halides is 2. The molecule has 1 saturated carbocycles.